The van der Waals surface area contributed by atoms with Gasteiger partial charge in [0.1, 0.15) is 6.54 Å². The summed E-state index contributed by atoms with van der Waals surface area (Å²) in [6, 6.07) is 18.0. The van der Waals surface area contributed by atoms with Crippen LogP contribution in [0.5, 0.6) is 11.5 Å². The average Bonchev–Trinajstić information content (AvgIpc) is 3.21. The van der Waals surface area contributed by atoms with Gasteiger partial charge in [-0.1, -0.05) is 31.2 Å². The number of imide groups is 1. The van der Waals surface area contributed by atoms with Crippen molar-refractivity contribution in [3.63, 3.8) is 0 Å². The van der Waals surface area contributed by atoms with E-state index in [9.17, 15) is 19.2 Å². The zero-order valence-electron chi connectivity index (χ0n) is 23.3. The number of carbonyl (C=O) groups excluding carboxylic acids is 4. The monoisotopic (exact) mass is 573 g/mol. The largest absolute Gasteiger partial charge is 0.493 e. The van der Waals surface area contributed by atoms with Crippen LogP contribution in [0.2, 0.25) is 0 Å². The fourth-order valence-electron chi connectivity index (χ4n) is 4.01. The number of anilines is 2. The number of aryl methyl sites for hydroxylation is 3. The first-order chi connectivity index (χ1) is 19.7. The Hall–Kier alpha value is -4.57. The highest BCUT2D eigenvalue weighted by Crippen LogP contribution is 2.34. The quantitative estimate of drug-likeness (QED) is 0.305. The third kappa shape index (κ3) is 7.55. The van der Waals surface area contributed by atoms with Crippen molar-refractivity contribution < 1.29 is 28.7 Å². The van der Waals surface area contributed by atoms with Crippen LogP contribution in [0.4, 0.5) is 16.2 Å². The number of nitrogens with one attached hydrogen (secondary N) is 2. The van der Waals surface area contributed by atoms with Crippen molar-refractivity contribution in [2.45, 2.75) is 27.2 Å². The summed E-state index contributed by atoms with van der Waals surface area (Å²) in [5.41, 5.74) is 5.19. The third-order valence-corrected chi connectivity index (χ3v) is 7.36. The second-order valence-corrected chi connectivity index (χ2v) is 10.4. The van der Waals surface area contributed by atoms with Crippen molar-refractivity contribution in [1.29, 1.82) is 0 Å². The van der Waals surface area contributed by atoms with Gasteiger partial charge in [-0.15, -0.1) is 0 Å². The molecule has 212 valence electrons. The van der Waals surface area contributed by atoms with Crippen LogP contribution >= 0.6 is 11.8 Å². The van der Waals surface area contributed by atoms with E-state index in [2.05, 4.69) is 10.6 Å². The van der Waals surface area contributed by atoms with Crippen LogP contribution in [0.3, 0.4) is 0 Å². The molecule has 9 nitrogen and oxygen atoms in total. The Labute approximate surface area is 242 Å². The normalized spacial score (nSPS) is 13.9. The van der Waals surface area contributed by atoms with E-state index < -0.39 is 23.6 Å². The molecule has 0 bridgehead atoms. The average molecular weight is 574 g/mol. The molecule has 0 unspecified atom stereocenters. The SMILES string of the molecule is CCc1ccc(NC(=O)CN2C(=O)S/C(=C/c3ccc(OCC(=O)Nc4ccc(C)c(C)c4)c(OC)c3)C2=O)cc1. The summed E-state index contributed by atoms with van der Waals surface area (Å²) in [4.78, 5) is 51.4. The standard InChI is InChI=1S/C31H31N3O6S/c1-5-21-7-11-23(12-8-21)32-28(35)17-34-30(37)27(41-31(34)38)16-22-9-13-25(26(15-22)39-4)40-18-29(36)33-24-10-6-19(2)20(3)14-24/h6-16H,5,17-18H2,1-4H3,(H,32,35)(H,33,36)/b27-16+. The van der Waals surface area contributed by atoms with Gasteiger partial charge in [0, 0.05) is 11.4 Å². The van der Waals surface area contributed by atoms with Gasteiger partial charge in [0.25, 0.3) is 17.1 Å². The third-order valence-electron chi connectivity index (χ3n) is 6.46. The highest BCUT2D eigenvalue weighted by atomic mass is 32.2. The van der Waals surface area contributed by atoms with Crippen molar-refractivity contribution in [2.75, 3.05) is 30.9 Å². The van der Waals surface area contributed by atoms with E-state index in [0.29, 0.717) is 28.4 Å². The zero-order valence-corrected chi connectivity index (χ0v) is 24.1. The molecule has 0 aromatic heterocycles. The Morgan fingerprint density at radius 2 is 1.59 bits per heavy atom. The van der Waals surface area contributed by atoms with E-state index in [1.165, 1.54) is 7.11 Å². The van der Waals surface area contributed by atoms with E-state index in [-0.39, 0.29) is 17.4 Å². The zero-order chi connectivity index (χ0) is 29.5. The van der Waals surface area contributed by atoms with Gasteiger partial charge in [0.15, 0.2) is 18.1 Å². The Morgan fingerprint density at radius 3 is 2.27 bits per heavy atom. The number of ether oxygens (including phenoxy) is 2. The summed E-state index contributed by atoms with van der Waals surface area (Å²) in [5, 5.41) is 4.99. The number of amides is 4. The molecule has 4 rings (SSSR count). The molecule has 0 aliphatic carbocycles. The molecular weight excluding hydrogens is 542 g/mol. The minimum Gasteiger partial charge on any atom is -0.493 e. The second-order valence-electron chi connectivity index (χ2n) is 9.41. The highest BCUT2D eigenvalue weighted by molar-refractivity contribution is 8.18. The molecule has 2 N–H and O–H groups in total. The highest BCUT2D eigenvalue weighted by Gasteiger charge is 2.36. The molecule has 0 atom stereocenters. The van der Waals surface area contributed by atoms with E-state index in [1.807, 2.05) is 51.1 Å². The van der Waals surface area contributed by atoms with Gasteiger partial charge in [-0.25, -0.2) is 0 Å². The second kappa shape index (κ2) is 13.2. The molecule has 0 spiro atoms. The maximum Gasteiger partial charge on any atom is 0.294 e. The molecule has 41 heavy (non-hydrogen) atoms. The lowest BCUT2D eigenvalue weighted by atomic mass is 10.1. The minimum absolute atomic E-state index is 0.179. The number of carbonyl (C=O) groups is 4. The van der Waals surface area contributed by atoms with E-state index in [4.69, 9.17) is 9.47 Å². The summed E-state index contributed by atoms with van der Waals surface area (Å²) in [6.45, 7) is 5.38. The van der Waals surface area contributed by atoms with E-state index >= 15 is 0 Å². The number of hydrogen-bond donors (Lipinski definition) is 2. The topological polar surface area (TPSA) is 114 Å². The molecule has 10 heteroatoms. The van der Waals surface area contributed by atoms with Crippen LogP contribution in [0.15, 0.2) is 65.6 Å². The molecule has 1 saturated heterocycles. The van der Waals surface area contributed by atoms with E-state index in [0.717, 1.165) is 39.8 Å². The summed E-state index contributed by atoms with van der Waals surface area (Å²) in [5.74, 6) is -0.654. The summed E-state index contributed by atoms with van der Waals surface area (Å²) in [7, 11) is 1.46. The molecule has 4 amide bonds. The number of nitrogens with zero attached hydrogens (tertiary/aromatic N) is 1. The number of benzene rings is 3. The smallest absolute Gasteiger partial charge is 0.294 e. The number of hydrogen-bond acceptors (Lipinski definition) is 7. The maximum absolute atomic E-state index is 12.9. The fraction of sp³-hybridized carbons (Fsp3) is 0.226. The van der Waals surface area contributed by atoms with Crippen molar-refractivity contribution in [3.05, 3.63) is 87.8 Å². The molecule has 1 aliphatic heterocycles. The predicted octanol–water partition coefficient (Wildman–Crippen LogP) is 5.57. The summed E-state index contributed by atoms with van der Waals surface area (Å²) < 4.78 is 11.1. The molecule has 1 aliphatic rings. The van der Waals surface area contributed by atoms with Crippen LogP contribution in [-0.4, -0.2) is 48.1 Å². The van der Waals surface area contributed by atoms with Crippen molar-refractivity contribution >= 4 is 52.2 Å². The first-order valence-corrected chi connectivity index (χ1v) is 13.8. The molecule has 1 heterocycles. The lowest BCUT2D eigenvalue weighted by Crippen LogP contribution is -2.36. The number of methoxy groups -OCH3 is 1. The van der Waals surface area contributed by atoms with Crippen LogP contribution < -0.4 is 20.1 Å². The Bertz CT molecular complexity index is 1520. The molecule has 0 radical (unpaired) electrons. The van der Waals surface area contributed by atoms with Gasteiger partial charge in [0.2, 0.25) is 5.91 Å². The van der Waals surface area contributed by atoms with Gasteiger partial charge >= 0.3 is 0 Å². The van der Waals surface area contributed by atoms with Crippen LogP contribution in [-0.2, 0) is 20.8 Å². The molecule has 0 saturated carbocycles. The Morgan fingerprint density at radius 1 is 0.878 bits per heavy atom. The minimum atomic E-state index is -0.557. The van der Waals surface area contributed by atoms with Crippen molar-refractivity contribution in [2.24, 2.45) is 0 Å². The van der Waals surface area contributed by atoms with Crippen LogP contribution in [0.25, 0.3) is 6.08 Å². The number of rotatable bonds is 10. The van der Waals surface area contributed by atoms with Crippen molar-refractivity contribution in [3.8, 4) is 11.5 Å². The van der Waals surface area contributed by atoms with Crippen LogP contribution in [0, 0.1) is 13.8 Å². The molecule has 1 fully saturated rings. The maximum atomic E-state index is 12.9. The summed E-state index contributed by atoms with van der Waals surface area (Å²) in [6.07, 6.45) is 2.43. The van der Waals surface area contributed by atoms with Gasteiger partial charge in [-0.2, -0.15) is 0 Å². The van der Waals surface area contributed by atoms with Gasteiger partial charge in [0.05, 0.1) is 12.0 Å². The first-order valence-electron chi connectivity index (χ1n) is 13.0. The van der Waals surface area contributed by atoms with E-state index in [1.54, 1.807) is 36.4 Å². The van der Waals surface area contributed by atoms with Gasteiger partial charge in [-0.05, 0) is 96.8 Å². The van der Waals surface area contributed by atoms with Gasteiger partial charge < -0.3 is 20.1 Å². The Balaban J connectivity index is 1.36. The van der Waals surface area contributed by atoms with Crippen LogP contribution in [0.1, 0.15) is 29.2 Å². The molecular formula is C31H31N3O6S. The molecule has 3 aromatic rings. The number of thioether (sulfide) groups is 1. The predicted molar refractivity (Wildman–Crippen MR) is 160 cm³/mol. The van der Waals surface area contributed by atoms with Crippen molar-refractivity contribution in [1.82, 2.24) is 4.90 Å². The fourth-order valence-corrected chi connectivity index (χ4v) is 4.85. The lowest BCUT2D eigenvalue weighted by molar-refractivity contribution is -0.127. The molecule has 3 aromatic carbocycles. The summed E-state index contributed by atoms with van der Waals surface area (Å²) >= 11 is 0.758. The first kappa shape index (κ1) is 29.4. The van der Waals surface area contributed by atoms with Gasteiger partial charge in [-0.3, -0.25) is 24.1 Å². The Kier molecular flexibility index (Phi) is 9.46. The lowest BCUT2D eigenvalue weighted by Gasteiger charge is -2.13.